The minimum atomic E-state index is 0.786. The first-order valence-electron chi connectivity index (χ1n) is 11.5. The van der Waals surface area contributed by atoms with Gasteiger partial charge in [-0.25, -0.2) is 0 Å². The van der Waals surface area contributed by atoms with Crippen molar-refractivity contribution in [2.75, 3.05) is 57.3 Å². The average molecular weight is 447 g/mol. The molecule has 2 aromatic carbocycles. The number of aromatic nitrogens is 1. The van der Waals surface area contributed by atoms with Crippen LogP contribution in [0.25, 0.3) is 0 Å². The third-order valence-electron chi connectivity index (χ3n) is 5.84. The van der Waals surface area contributed by atoms with Gasteiger partial charge in [-0.1, -0.05) is 24.3 Å². The molecule has 174 valence electrons. The number of ether oxygens (including phenoxy) is 2. The lowest BCUT2D eigenvalue weighted by molar-refractivity contribution is 0.122. The van der Waals surface area contributed by atoms with E-state index in [1.54, 1.807) is 7.11 Å². The molecule has 4 rings (SSSR count). The SMILES string of the molecule is COc1cccc(CN(Cc2ccc(N3CCOCC3)cc2)c2ccnc(CN(C)C)c2)c1. The molecule has 33 heavy (non-hydrogen) atoms. The van der Waals surface area contributed by atoms with Gasteiger partial charge in [0, 0.05) is 50.3 Å². The van der Waals surface area contributed by atoms with Crippen molar-refractivity contribution in [2.45, 2.75) is 19.6 Å². The van der Waals surface area contributed by atoms with E-state index in [-0.39, 0.29) is 0 Å². The quantitative estimate of drug-likeness (QED) is 0.491. The van der Waals surface area contributed by atoms with Crippen LogP contribution in [0.15, 0.2) is 66.9 Å². The van der Waals surface area contributed by atoms with Crippen LogP contribution < -0.4 is 14.5 Å². The van der Waals surface area contributed by atoms with Gasteiger partial charge in [-0.3, -0.25) is 4.98 Å². The van der Waals surface area contributed by atoms with Crippen LogP contribution in [0.2, 0.25) is 0 Å². The van der Waals surface area contributed by atoms with E-state index in [0.29, 0.717) is 0 Å². The molecule has 0 amide bonds. The van der Waals surface area contributed by atoms with Gasteiger partial charge in [0.1, 0.15) is 5.75 Å². The molecule has 1 aliphatic heterocycles. The Morgan fingerprint density at radius 2 is 1.67 bits per heavy atom. The van der Waals surface area contributed by atoms with E-state index in [1.165, 1.54) is 22.5 Å². The lowest BCUT2D eigenvalue weighted by Gasteiger charge is -2.29. The summed E-state index contributed by atoms with van der Waals surface area (Å²) < 4.78 is 10.9. The molecule has 0 spiro atoms. The van der Waals surface area contributed by atoms with Crippen LogP contribution >= 0.6 is 0 Å². The second-order valence-electron chi connectivity index (χ2n) is 8.72. The Morgan fingerprint density at radius 1 is 0.909 bits per heavy atom. The Balaban J connectivity index is 1.56. The van der Waals surface area contributed by atoms with Gasteiger partial charge in [0.15, 0.2) is 0 Å². The Morgan fingerprint density at radius 3 is 2.39 bits per heavy atom. The maximum Gasteiger partial charge on any atom is 0.119 e. The van der Waals surface area contributed by atoms with E-state index >= 15 is 0 Å². The summed E-state index contributed by atoms with van der Waals surface area (Å²) in [5.74, 6) is 0.880. The molecule has 1 saturated heterocycles. The maximum absolute atomic E-state index is 5.49. The molecule has 1 aliphatic rings. The smallest absolute Gasteiger partial charge is 0.119 e. The molecule has 0 bridgehead atoms. The normalized spacial score (nSPS) is 13.9. The number of pyridine rings is 1. The molecule has 2 heterocycles. The fourth-order valence-electron chi connectivity index (χ4n) is 4.16. The van der Waals surface area contributed by atoms with Crippen molar-refractivity contribution in [1.82, 2.24) is 9.88 Å². The fourth-order valence-corrected chi connectivity index (χ4v) is 4.16. The Bertz CT molecular complexity index is 1020. The minimum Gasteiger partial charge on any atom is -0.497 e. The van der Waals surface area contributed by atoms with E-state index in [2.05, 4.69) is 82.3 Å². The van der Waals surface area contributed by atoms with Crippen molar-refractivity contribution in [3.63, 3.8) is 0 Å². The van der Waals surface area contributed by atoms with Crippen molar-refractivity contribution < 1.29 is 9.47 Å². The highest BCUT2D eigenvalue weighted by molar-refractivity contribution is 5.51. The molecule has 1 fully saturated rings. The number of rotatable bonds is 9. The van der Waals surface area contributed by atoms with Crippen molar-refractivity contribution in [3.8, 4) is 5.75 Å². The molecule has 0 radical (unpaired) electrons. The molecule has 0 N–H and O–H groups in total. The molecular formula is C27H34N4O2. The van der Waals surface area contributed by atoms with Crippen molar-refractivity contribution in [1.29, 1.82) is 0 Å². The summed E-state index contributed by atoms with van der Waals surface area (Å²) in [7, 11) is 5.85. The summed E-state index contributed by atoms with van der Waals surface area (Å²) in [6, 6.07) is 21.5. The zero-order valence-corrected chi connectivity index (χ0v) is 19.9. The molecular weight excluding hydrogens is 412 g/mol. The van der Waals surface area contributed by atoms with Crippen LogP contribution in [0, 0.1) is 0 Å². The van der Waals surface area contributed by atoms with E-state index < -0.39 is 0 Å². The van der Waals surface area contributed by atoms with Gasteiger partial charge < -0.3 is 24.2 Å². The van der Waals surface area contributed by atoms with Gasteiger partial charge in [-0.05, 0) is 61.6 Å². The first kappa shape index (κ1) is 23.1. The van der Waals surface area contributed by atoms with Crippen LogP contribution in [0.5, 0.6) is 5.75 Å². The third-order valence-corrected chi connectivity index (χ3v) is 5.84. The maximum atomic E-state index is 5.49. The van der Waals surface area contributed by atoms with Gasteiger partial charge in [0.05, 0.1) is 26.0 Å². The number of anilines is 2. The summed E-state index contributed by atoms with van der Waals surface area (Å²) in [6.45, 7) is 5.91. The number of hydrogen-bond donors (Lipinski definition) is 0. The zero-order chi connectivity index (χ0) is 23.0. The molecule has 0 atom stereocenters. The second kappa shape index (κ2) is 11.2. The predicted octanol–water partition coefficient (Wildman–Crippen LogP) is 4.20. The molecule has 6 heteroatoms. The number of methoxy groups -OCH3 is 1. The number of benzene rings is 2. The van der Waals surface area contributed by atoms with Crippen molar-refractivity contribution in [2.24, 2.45) is 0 Å². The highest BCUT2D eigenvalue weighted by Crippen LogP contribution is 2.24. The summed E-state index contributed by atoms with van der Waals surface area (Å²) >= 11 is 0. The van der Waals surface area contributed by atoms with Crippen molar-refractivity contribution in [3.05, 3.63) is 83.7 Å². The van der Waals surface area contributed by atoms with Crippen LogP contribution in [-0.4, -0.2) is 57.4 Å². The molecule has 1 aromatic heterocycles. The third kappa shape index (κ3) is 6.46. The summed E-state index contributed by atoms with van der Waals surface area (Å²) in [5.41, 5.74) is 5.99. The summed E-state index contributed by atoms with van der Waals surface area (Å²) in [6.07, 6.45) is 1.91. The van der Waals surface area contributed by atoms with Crippen LogP contribution in [0.4, 0.5) is 11.4 Å². The van der Waals surface area contributed by atoms with Crippen LogP contribution in [-0.2, 0) is 24.4 Å². The highest BCUT2D eigenvalue weighted by Gasteiger charge is 2.13. The lowest BCUT2D eigenvalue weighted by atomic mass is 10.1. The van der Waals surface area contributed by atoms with E-state index in [9.17, 15) is 0 Å². The molecule has 0 unspecified atom stereocenters. The molecule has 6 nitrogen and oxygen atoms in total. The lowest BCUT2D eigenvalue weighted by Crippen LogP contribution is -2.36. The minimum absolute atomic E-state index is 0.786. The van der Waals surface area contributed by atoms with Gasteiger partial charge in [-0.15, -0.1) is 0 Å². The monoisotopic (exact) mass is 446 g/mol. The Labute approximate surface area is 197 Å². The molecule has 3 aromatic rings. The first-order valence-corrected chi connectivity index (χ1v) is 11.5. The Hall–Kier alpha value is -3.09. The largest absolute Gasteiger partial charge is 0.497 e. The average Bonchev–Trinajstić information content (AvgIpc) is 2.84. The number of hydrogen-bond acceptors (Lipinski definition) is 6. The zero-order valence-electron chi connectivity index (χ0n) is 19.9. The summed E-state index contributed by atoms with van der Waals surface area (Å²) in [5, 5.41) is 0. The second-order valence-corrected chi connectivity index (χ2v) is 8.72. The number of nitrogens with zero attached hydrogens (tertiary/aromatic N) is 4. The Kier molecular flexibility index (Phi) is 7.81. The molecule has 0 aliphatic carbocycles. The first-order chi connectivity index (χ1) is 16.1. The standard InChI is InChI=1S/C27H34N4O2/c1-29(2)21-24-18-26(11-12-28-24)31(20-23-5-4-6-27(17-23)32-3)19-22-7-9-25(10-8-22)30-13-15-33-16-14-30/h4-12,17-18H,13-16,19-21H2,1-3H3. The van der Waals surface area contributed by atoms with Gasteiger partial charge in [-0.2, -0.15) is 0 Å². The van der Waals surface area contributed by atoms with Crippen LogP contribution in [0.3, 0.4) is 0 Å². The topological polar surface area (TPSA) is 41.1 Å². The highest BCUT2D eigenvalue weighted by atomic mass is 16.5. The van der Waals surface area contributed by atoms with Crippen LogP contribution in [0.1, 0.15) is 16.8 Å². The van der Waals surface area contributed by atoms with Gasteiger partial charge in [0.2, 0.25) is 0 Å². The predicted molar refractivity (Wildman–Crippen MR) is 134 cm³/mol. The number of morpholine rings is 1. The van der Waals surface area contributed by atoms with E-state index in [4.69, 9.17) is 9.47 Å². The molecule has 0 saturated carbocycles. The fraction of sp³-hybridized carbons (Fsp3) is 0.370. The van der Waals surface area contributed by atoms with Crippen molar-refractivity contribution >= 4 is 11.4 Å². The van der Waals surface area contributed by atoms with E-state index in [1.807, 2.05) is 18.3 Å². The van der Waals surface area contributed by atoms with E-state index in [0.717, 1.165) is 57.4 Å². The summed E-state index contributed by atoms with van der Waals surface area (Å²) in [4.78, 5) is 11.5. The van der Waals surface area contributed by atoms with Gasteiger partial charge in [0.25, 0.3) is 0 Å². The van der Waals surface area contributed by atoms with Gasteiger partial charge >= 0.3 is 0 Å².